The summed E-state index contributed by atoms with van der Waals surface area (Å²) in [4.78, 5) is 14.6. The highest BCUT2D eigenvalue weighted by Crippen LogP contribution is 2.46. The lowest BCUT2D eigenvalue weighted by molar-refractivity contribution is 0.151. The van der Waals surface area contributed by atoms with E-state index in [1.807, 2.05) is 0 Å². The van der Waals surface area contributed by atoms with Crippen LogP contribution < -0.4 is 4.74 Å². The molecular formula is C14H15F2NO2. The highest BCUT2D eigenvalue weighted by Gasteiger charge is 2.38. The molecule has 19 heavy (non-hydrogen) atoms. The maximum Gasteiger partial charge on any atom is 0.263 e. The van der Waals surface area contributed by atoms with Crippen molar-refractivity contribution in [2.24, 2.45) is 4.99 Å². The van der Waals surface area contributed by atoms with Gasteiger partial charge in [-0.2, -0.15) is 4.99 Å². The number of hydrogen-bond acceptors (Lipinski definition) is 3. The lowest BCUT2D eigenvalue weighted by Gasteiger charge is -2.25. The van der Waals surface area contributed by atoms with Crippen LogP contribution in [0.25, 0.3) is 0 Å². The molecule has 5 heteroatoms. The Morgan fingerprint density at radius 3 is 2.58 bits per heavy atom. The predicted molar refractivity (Wildman–Crippen MR) is 66.2 cm³/mol. The van der Waals surface area contributed by atoms with Gasteiger partial charge in [-0.05, 0) is 31.0 Å². The van der Waals surface area contributed by atoms with Gasteiger partial charge in [0.05, 0.1) is 7.11 Å². The topological polar surface area (TPSA) is 38.7 Å². The molecule has 0 spiro atoms. The zero-order chi connectivity index (χ0) is 13.9. The third kappa shape index (κ3) is 2.51. The zero-order valence-electron chi connectivity index (χ0n) is 10.7. The fourth-order valence-electron chi connectivity index (χ4n) is 2.71. The van der Waals surface area contributed by atoms with Crippen molar-refractivity contribution in [3.05, 3.63) is 29.3 Å². The van der Waals surface area contributed by atoms with Gasteiger partial charge in [-0.15, -0.1) is 0 Å². The number of halogens is 2. The maximum atomic E-state index is 12.8. The predicted octanol–water partition coefficient (Wildman–Crippen LogP) is 3.74. The Morgan fingerprint density at radius 2 is 2.05 bits per heavy atom. The Balaban J connectivity index is 2.57. The second kappa shape index (κ2) is 5.49. The minimum absolute atomic E-state index is 0.0804. The molecule has 0 saturated heterocycles. The summed E-state index contributed by atoms with van der Waals surface area (Å²) in [5.74, 6) is 0.491. The molecule has 0 radical (unpaired) electrons. The van der Waals surface area contributed by atoms with Gasteiger partial charge in [0.25, 0.3) is 6.43 Å². The van der Waals surface area contributed by atoms with Gasteiger partial charge < -0.3 is 4.74 Å². The second-order valence-electron chi connectivity index (χ2n) is 4.70. The van der Waals surface area contributed by atoms with Gasteiger partial charge in [-0.3, -0.25) is 0 Å². The standard InChI is InChI=1S/C14H15F2NO2/c1-19-12-5-4-10(13(15)16)8-11(12)14(17-9-18)6-2-3-7-14/h4-5,8,13H,2-3,6-7H2,1H3. The summed E-state index contributed by atoms with van der Waals surface area (Å²) in [5.41, 5.74) is -0.269. The Morgan fingerprint density at radius 1 is 1.37 bits per heavy atom. The number of nitrogens with zero attached hydrogens (tertiary/aromatic N) is 1. The van der Waals surface area contributed by atoms with Crippen LogP contribution in [0.1, 0.15) is 43.2 Å². The molecular weight excluding hydrogens is 252 g/mol. The first kappa shape index (κ1) is 13.7. The van der Waals surface area contributed by atoms with Crippen molar-refractivity contribution >= 4 is 6.08 Å². The molecule has 1 aliphatic rings. The first-order chi connectivity index (χ1) is 9.13. The molecule has 0 heterocycles. The van der Waals surface area contributed by atoms with Crippen LogP contribution in [-0.4, -0.2) is 13.2 Å². The first-order valence-corrected chi connectivity index (χ1v) is 6.18. The molecule has 0 N–H and O–H groups in total. The van der Waals surface area contributed by atoms with Crippen LogP contribution in [0.15, 0.2) is 23.2 Å². The maximum absolute atomic E-state index is 12.8. The minimum Gasteiger partial charge on any atom is -0.496 e. The molecule has 1 fully saturated rings. The zero-order valence-corrected chi connectivity index (χ0v) is 10.7. The van der Waals surface area contributed by atoms with Crippen LogP contribution in [0.2, 0.25) is 0 Å². The fourth-order valence-corrected chi connectivity index (χ4v) is 2.71. The molecule has 1 aliphatic carbocycles. The van der Waals surface area contributed by atoms with E-state index in [0.29, 0.717) is 24.2 Å². The number of alkyl halides is 2. The molecule has 1 aromatic carbocycles. The molecule has 1 aromatic rings. The van der Waals surface area contributed by atoms with Crippen LogP contribution in [0.3, 0.4) is 0 Å². The van der Waals surface area contributed by atoms with E-state index in [0.717, 1.165) is 12.8 Å². The lowest BCUT2D eigenvalue weighted by Crippen LogP contribution is -2.20. The van der Waals surface area contributed by atoms with Gasteiger partial charge in [-0.25, -0.2) is 13.6 Å². The normalized spacial score (nSPS) is 17.3. The van der Waals surface area contributed by atoms with Gasteiger partial charge in [0.2, 0.25) is 6.08 Å². The highest BCUT2D eigenvalue weighted by atomic mass is 19.3. The SMILES string of the molecule is COc1ccc(C(F)F)cc1C1(N=C=O)CCCC1. The number of methoxy groups -OCH3 is 1. The number of aliphatic imine (C=N–C) groups is 1. The van der Waals surface area contributed by atoms with Crippen molar-refractivity contribution < 1.29 is 18.3 Å². The van der Waals surface area contributed by atoms with Crippen molar-refractivity contribution in [2.75, 3.05) is 7.11 Å². The summed E-state index contributed by atoms with van der Waals surface area (Å²) in [6.07, 6.45) is 2.16. The molecule has 0 bridgehead atoms. The first-order valence-electron chi connectivity index (χ1n) is 6.18. The molecule has 3 nitrogen and oxygen atoms in total. The van der Waals surface area contributed by atoms with Gasteiger partial charge >= 0.3 is 0 Å². The third-order valence-corrected chi connectivity index (χ3v) is 3.67. The number of benzene rings is 1. The minimum atomic E-state index is -2.55. The number of ether oxygens (including phenoxy) is 1. The van der Waals surface area contributed by atoms with Crippen LogP contribution in [0.5, 0.6) is 5.75 Å². The Kier molecular flexibility index (Phi) is 3.96. The highest BCUT2D eigenvalue weighted by molar-refractivity contribution is 5.46. The molecule has 1 saturated carbocycles. The van der Waals surface area contributed by atoms with Gasteiger partial charge in [0.1, 0.15) is 11.3 Å². The monoisotopic (exact) mass is 267 g/mol. The smallest absolute Gasteiger partial charge is 0.263 e. The molecule has 2 rings (SSSR count). The number of hydrogen-bond donors (Lipinski definition) is 0. The number of rotatable bonds is 4. The van der Waals surface area contributed by atoms with Gasteiger partial charge in [0, 0.05) is 11.1 Å². The van der Waals surface area contributed by atoms with E-state index in [2.05, 4.69) is 4.99 Å². The molecule has 0 aliphatic heterocycles. The van der Waals surface area contributed by atoms with E-state index < -0.39 is 12.0 Å². The Bertz CT molecular complexity index is 504. The van der Waals surface area contributed by atoms with Crippen LogP contribution in [0.4, 0.5) is 8.78 Å². The van der Waals surface area contributed by atoms with Crippen LogP contribution in [-0.2, 0) is 10.3 Å². The lowest BCUT2D eigenvalue weighted by atomic mass is 9.87. The average molecular weight is 267 g/mol. The van der Waals surface area contributed by atoms with Crippen molar-refractivity contribution in [1.29, 1.82) is 0 Å². The van der Waals surface area contributed by atoms with E-state index in [4.69, 9.17) is 4.74 Å². The molecule has 102 valence electrons. The number of carbonyl (C=O) groups excluding carboxylic acids is 1. The summed E-state index contributed by atoms with van der Waals surface area (Å²) in [5, 5.41) is 0. The van der Waals surface area contributed by atoms with Crippen molar-refractivity contribution in [3.63, 3.8) is 0 Å². The largest absolute Gasteiger partial charge is 0.496 e. The number of isocyanates is 1. The summed E-state index contributed by atoms with van der Waals surface area (Å²) < 4.78 is 30.9. The van der Waals surface area contributed by atoms with Crippen molar-refractivity contribution in [2.45, 2.75) is 37.6 Å². The van der Waals surface area contributed by atoms with E-state index in [1.54, 1.807) is 6.08 Å². The third-order valence-electron chi connectivity index (χ3n) is 3.67. The quantitative estimate of drug-likeness (QED) is 0.615. The summed E-state index contributed by atoms with van der Waals surface area (Å²) in [7, 11) is 1.48. The molecule has 0 amide bonds. The Hall–Kier alpha value is -1.74. The van der Waals surface area contributed by atoms with Crippen LogP contribution >= 0.6 is 0 Å². The van der Waals surface area contributed by atoms with Crippen molar-refractivity contribution in [1.82, 2.24) is 0 Å². The molecule has 0 aromatic heterocycles. The van der Waals surface area contributed by atoms with Gasteiger partial charge in [-0.1, -0.05) is 12.8 Å². The van der Waals surface area contributed by atoms with E-state index in [1.165, 1.54) is 25.3 Å². The second-order valence-corrected chi connectivity index (χ2v) is 4.70. The van der Waals surface area contributed by atoms with Gasteiger partial charge in [0.15, 0.2) is 0 Å². The summed E-state index contributed by atoms with van der Waals surface area (Å²) in [6, 6.07) is 4.24. The fraction of sp³-hybridized carbons (Fsp3) is 0.500. The van der Waals surface area contributed by atoms with E-state index >= 15 is 0 Å². The average Bonchev–Trinajstić information content (AvgIpc) is 2.88. The molecule has 0 atom stereocenters. The Labute approximate surface area is 110 Å². The van der Waals surface area contributed by atoms with Crippen molar-refractivity contribution in [3.8, 4) is 5.75 Å². The molecule has 0 unspecified atom stereocenters. The van der Waals surface area contributed by atoms with E-state index in [9.17, 15) is 13.6 Å². The summed E-state index contributed by atoms with van der Waals surface area (Å²) >= 11 is 0. The van der Waals surface area contributed by atoms with Crippen LogP contribution in [0, 0.1) is 0 Å². The van der Waals surface area contributed by atoms with E-state index in [-0.39, 0.29) is 5.56 Å². The summed E-state index contributed by atoms with van der Waals surface area (Å²) in [6.45, 7) is 0.